The average Bonchev–Trinajstić information content (AvgIpc) is 0.811. The summed E-state index contributed by atoms with van der Waals surface area (Å²) in [4.78, 5) is 8.36. The SMILES string of the molecule is O=[N+]([O-])O.[Al+3].[Cu+]. The Morgan fingerprint density at radius 1 is 1.67 bits per heavy atom. The third-order valence-electron chi connectivity index (χ3n) is 0. The summed E-state index contributed by atoms with van der Waals surface area (Å²) in [7, 11) is 0. The van der Waals surface area contributed by atoms with E-state index in [-0.39, 0.29) is 34.4 Å². The van der Waals surface area contributed by atoms with Crippen molar-refractivity contribution in [3.63, 3.8) is 0 Å². The zero-order valence-corrected chi connectivity index (χ0v) is 4.69. The van der Waals surface area contributed by atoms with Crippen LogP contribution in [0.15, 0.2) is 0 Å². The predicted molar refractivity (Wildman–Crippen MR) is 14.5 cm³/mol. The van der Waals surface area contributed by atoms with Crippen molar-refractivity contribution in [1.29, 1.82) is 0 Å². The van der Waals surface area contributed by atoms with Gasteiger partial charge in [-0.15, -0.1) is 10.1 Å². The molecule has 0 amide bonds. The Hall–Kier alpha value is 0.252. The molecule has 0 aromatic rings. The minimum absolute atomic E-state index is 0. The van der Waals surface area contributed by atoms with E-state index in [0.717, 1.165) is 0 Å². The molecule has 0 aliphatic rings. The molecule has 0 aromatic heterocycles. The minimum Gasteiger partial charge on any atom is -0.328 e. The van der Waals surface area contributed by atoms with Gasteiger partial charge in [-0.05, 0) is 0 Å². The predicted octanol–water partition coefficient (Wildman–Crippen LogP) is -0.731. The topological polar surface area (TPSA) is 63.4 Å². The summed E-state index contributed by atoms with van der Waals surface area (Å²) in [6.45, 7) is 0. The Bertz CT molecular complexity index is 33.8. The Morgan fingerprint density at radius 3 is 1.67 bits per heavy atom. The first-order valence-corrected chi connectivity index (χ1v) is 0.565. The fraction of sp³-hybridized carbons (Fsp3) is 0. The first-order chi connectivity index (χ1) is 1.73. The molecule has 0 heterocycles. The van der Waals surface area contributed by atoms with Crippen molar-refractivity contribution in [2.24, 2.45) is 0 Å². The third kappa shape index (κ3) is 708. The summed E-state index contributed by atoms with van der Waals surface area (Å²) in [6, 6.07) is 0. The zero-order chi connectivity index (χ0) is 3.58. The maximum atomic E-state index is 8.36. The Morgan fingerprint density at radius 2 is 1.67 bits per heavy atom. The van der Waals surface area contributed by atoms with Crippen LogP contribution in [-0.2, 0) is 17.1 Å². The van der Waals surface area contributed by atoms with Gasteiger partial charge >= 0.3 is 34.4 Å². The van der Waals surface area contributed by atoms with E-state index < -0.39 is 5.09 Å². The molecule has 0 saturated carbocycles. The van der Waals surface area contributed by atoms with Crippen LogP contribution in [0.3, 0.4) is 0 Å². The molecule has 0 aliphatic carbocycles. The van der Waals surface area contributed by atoms with E-state index in [1.165, 1.54) is 0 Å². The molecule has 0 atom stereocenters. The molecule has 0 aromatic carbocycles. The average molecular weight is 154 g/mol. The van der Waals surface area contributed by atoms with Gasteiger partial charge in [-0.2, -0.15) is 0 Å². The molecular formula is HAlCuNO3+4. The fourth-order valence-electron chi connectivity index (χ4n) is 0. The molecule has 34 valence electrons. The summed E-state index contributed by atoms with van der Waals surface area (Å²) < 4.78 is 0. The van der Waals surface area contributed by atoms with Crippen LogP contribution in [0.5, 0.6) is 0 Å². The summed E-state index contributed by atoms with van der Waals surface area (Å²) in [5.74, 6) is 0. The second kappa shape index (κ2) is 8.98. The van der Waals surface area contributed by atoms with E-state index in [1.807, 2.05) is 0 Å². The van der Waals surface area contributed by atoms with Gasteiger partial charge in [-0.1, -0.05) is 0 Å². The van der Waals surface area contributed by atoms with Crippen molar-refractivity contribution >= 4 is 17.4 Å². The number of rotatable bonds is 0. The van der Waals surface area contributed by atoms with Gasteiger partial charge in [0.15, 0.2) is 0 Å². The summed E-state index contributed by atoms with van der Waals surface area (Å²) in [6.07, 6.45) is 0. The molecule has 0 saturated heterocycles. The molecule has 0 radical (unpaired) electrons. The van der Waals surface area contributed by atoms with Gasteiger partial charge < -0.3 is 5.21 Å². The van der Waals surface area contributed by atoms with Crippen LogP contribution in [-0.4, -0.2) is 27.7 Å². The quantitative estimate of drug-likeness (QED) is 0.284. The van der Waals surface area contributed by atoms with E-state index in [9.17, 15) is 0 Å². The summed E-state index contributed by atoms with van der Waals surface area (Å²) >= 11 is 0. The van der Waals surface area contributed by atoms with E-state index >= 15 is 0 Å². The molecule has 6 heteroatoms. The molecule has 4 nitrogen and oxygen atoms in total. The molecular weight excluding hydrogens is 153 g/mol. The van der Waals surface area contributed by atoms with Gasteiger partial charge in [0.25, 0.3) is 5.09 Å². The monoisotopic (exact) mass is 153 g/mol. The molecule has 0 fully saturated rings. The third-order valence-corrected chi connectivity index (χ3v) is 0. The van der Waals surface area contributed by atoms with Crippen molar-refractivity contribution < 1.29 is 27.4 Å². The minimum atomic E-state index is -1.50. The largest absolute Gasteiger partial charge is 3.00 e. The smallest absolute Gasteiger partial charge is 0.328 e. The van der Waals surface area contributed by atoms with Crippen LogP contribution in [0.4, 0.5) is 0 Å². The normalized spacial score (nSPS) is 4.00. The second-order valence-electron chi connectivity index (χ2n) is 0.238. The van der Waals surface area contributed by atoms with Crippen molar-refractivity contribution in [3.05, 3.63) is 10.1 Å². The molecule has 0 aliphatic heterocycles. The Kier molecular flexibility index (Phi) is 24.4. The standard InChI is InChI=1S/Al.Cu.HNO3/c;;2-1(3)4/h;;(H,2,3,4)/q+3;+1;. The Labute approximate surface area is 55.2 Å². The first kappa shape index (κ1) is 16.3. The zero-order valence-electron chi connectivity index (χ0n) is 2.59. The van der Waals surface area contributed by atoms with E-state index in [2.05, 4.69) is 0 Å². The van der Waals surface area contributed by atoms with Gasteiger partial charge in [-0.3, -0.25) is 0 Å². The molecule has 0 unspecified atom stereocenters. The maximum absolute atomic E-state index is 8.36. The number of hydrogen-bond donors (Lipinski definition) is 1. The second-order valence-corrected chi connectivity index (χ2v) is 0.238. The molecule has 0 rings (SSSR count). The van der Waals surface area contributed by atoms with Gasteiger partial charge in [0.1, 0.15) is 0 Å². The van der Waals surface area contributed by atoms with Gasteiger partial charge in [0.2, 0.25) is 0 Å². The van der Waals surface area contributed by atoms with E-state index in [4.69, 9.17) is 15.3 Å². The molecule has 6 heavy (non-hydrogen) atoms. The maximum Gasteiger partial charge on any atom is 3.00 e. The van der Waals surface area contributed by atoms with Gasteiger partial charge in [0, 0.05) is 0 Å². The van der Waals surface area contributed by atoms with Crippen LogP contribution >= 0.6 is 0 Å². The van der Waals surface area contributed by atoms with E-state index in [0.29, 0.717) is 0 Å². The number of nitrogens with zero attached hydrogens (tertiary/aromatic N) is 1. The van der Waals surface area contributed by atoms with Crippen LogP contribution in [0, 0.1) is 10.1 Å². The van der Waals surface area contributed by atoms with Crippen molar-refractivity contribution in [1.82, 2.24) is 0 Å². The number of hydrogen-bond acceptors (Lipinski definition) is 2. The van der Waals surface area contributed by atoms with Crippen molar-refractivity contribution in [3.8, 4) is 0 Å². The molecule has 0 bridgehead atoms. The van der Waals surface area contributed by atoms with Crippen LogP contribution in [0.1, 0.15) is 0 Å². The van der Waals surface area contributed by atoms with Crippen LogP contribution in [0.25, 0.3) is 0 Å². The summed E-state index contributed by atoms with van der Waals surface area (Å²) in [5, 5.41) is 13.6. The van der Waals surface area contributed by atoms with E-state index in [1.54, 1.807) is 0 Å². The molecule has 0 spiro atoms. The summed E-state index contributed by atoms with van der Waals surface area (Å²) in [5.41, 5.74) is 0. The molecule has 1 N–H and O–H groups in total. The fourth-order valence-corrected chi connectivity index (χ4v) is 0. The van der Waals surface area contributed by atoms with Crippen LogP contribution < -0.4 is 0 Å². The first-order valence-electron chi connectivity index (χ1n) is 0.565. The van der Waals surface area contributed by atoms with Crippen LogP contribution in [0.2, 0.25) is 0 Å². The van der Waals surface area contributed by atoms with Crippen molar-refractivity contribution in [2.45, 2.75) is 0 Å². The Balaban J connectivity index is -0.0000000450. The van der Waals surface area contributed by atoms with Crippen molar-refractivity contribution in [2.75, 3.05) is 0 Å². The van der Waals surface area contributed by atoms with Gasteiger partial charge in [0.05, 0.1) is 0 Å². The van der Waals surface area contributed by atoms with Gasteiger partial charge in [-0.25, -0.2) is 0 Å².